The SMILES string of the molecule is C#CCn1c(=NC(=O)c2ccc3ccccc3c2)sc2cc3c(cc21)OCCO3. The molecule has 0 fully saturated rings. The Morgan fingerprint density at radius 3 is 2.62 bits per heavy atom. The maximum Gasteiger partial charge on any atom is 0.279 e. The molecule has 0 bridgehead atoms. The number of ether oxygens (including phenoxy) is 2. The standard InChI is InChI=1S/C23H16N2O3S/c1-2-9-25-18-13-19-20(28-11-10-27-19)14-21(18)29-23(25)24-22(26)17-8-7-15-5-3-4-6-16(15)12-17/h1,3-8,12-14H,9-11H2. The summed E-state index contributed by atoms with van der Waals surface area (Å²) in [5, 5.41) is 2.09. The first kappa shape index (κ1) is 17.5. The Morgan fingerprint density at radius 2 is 1.83 bits per heavy atom. The predicted octanol–water partition coefficient (Wildman–Crippen LogP) is 4.00. The van der Waals surface area contributed by atoms with Crippen molar-refractivity contribution in [2.45, 2.75) is 6.54 Å². The number of amides is 1. The Balaban J connectivity index is 1.64. The van der Waals surface area contributed by atoms with Crippen LogP contribution in [0.2, 0.25) is 0 Å². The molecule has 0 saturated carbocycles. The molecule has 0 atom stereocenters. The second kappa shape index (κ2) is 7.12. The number of terminal acetylenes is 1. The first-order chi connectivity index (χ1) is 14.2. The van der Waals surface area contributed by atoms with Crippen LogP contribution >= 0.6 is 11.3 Å². The molecule has 3 aromatic carbocycles. The number of carbonyl (C=O) groups is 1. The molecule has 0 radical (unpaired) electrons. The Morgan fingerprint density at radius 1 is 1.07 bits per heavy atom. The summed E-state index contributed by atoms with van der Waals surface area (Å²) < 4.78 is 14.1. The molecule has 0 aliphatic carbocycles. The van der Waals surface area contributed by atoms with Crippen LogP contribution in [0.4, 0.5) is 0 Å². The maximum absolute atomic E-state index is 12.9. The van der Waals surface area contributed by atoms with Crippen LogP contribution in [0.1, 0.15) is 10.4 Å². The van der Waals surface area contributed by atoms with E-state index in [1.165, 1.54) is 11.3 Å². The van der Waals surface area contributed by atoms with E-state index in [-0.39, 0.29) is 5.91 Å². The highest BCUT2D eigenvalue weighted by Crippen LogP contribution is 2.35. The van der Waals surface area contributed by atoms with Crippen LogP contribution in [0, 0.1) is 12.3 Å². The largest absolute Gasteiger partial charge is 0.486 e. The lowest BCUT2D eigenvalue weighted by Crippen LogP contribution is -2.17. The second-order valence-corrected chi connectivity index (χ2v) is 7.63. The lowest BCUT2D eigenvalue weighted by atomic mass is 10.1. The molecular weight excluding hydrogens is 384 g/mol. The normalized spacial score (nSPS) is 13.6. The van der Waals surface area contributed by atoms with E-state index in [0.29, 0.717) is 41.6 Å². The van der Waals surface area contributed by atoms with Crippen LogP contribution in [0.5, 0.6) is 11.5 Å². The van der Waals surface area contributed by atoms with Crippen LogP contribution < -0.4 is 14.3 Å². The summed E-state index contributed by atoms with van der Waals surface area (Å²) in [4.78, 5) is 17.8. The van der Waals surface area contributed by atoms with Gasteiger partial charge in [-0.2, -0.15) is 4.99 Å². The molecule has 0 saturated heterocycles. The van der Waals surface area contributed by atoms with Gasteiger partial charge in [-0.1, -0.05) is 47.6 Å². The van der Waals surface area contributed by atoms with Crippen molar-refractivity contribution in [3.63, 3.8) is 0 Å². The van der Waals surface area contributed by atoms with Crippen molar-refractivity contribution in [2.24, 2.45) is 4.99 Å². The van der Waals surface area contributed by atoms with E-state index in [4.69, 9.17) is 15.9 Å². The van der Waals surface area contributed by atoms with Gasteiger partial charge in [0.05, 0.1) is 16.8 Å². The molecule has 4 aromatic rings. The molecule has 0 N–H and O–H groups in total. The van der Waals surface area contributed by atoms with E-state index >= 15 is 0 Å². The van der Waals surface area contributed by atoms with Crippen molar-refractivity contribution in [3.8, 4) is 23.8 Å². The van der Waals surface area contributed by atoms with Crippen LogP contribution in [0.3, 0.4) is 0 Å². The van der Waals surface area contributed by atoms with Gasteiger partial charge in [0.15, 0.2) is 16.3 Å². The number of aromatic nitrogens is 1. The summed E-state index contributed by atoms with van der Waals surface area (Å²) in [5.41, 5.74) is 1.42. The van der Waals surface area contributed by atoms with E-state index in [2.05, 4.69) is 10.9 Å². The van der Waals surface area contributed by atoms with E-state index in [1.807, 2.05) is 53.1 Å². The first-order valence-electron chi connectivity index (χ1n) is 9.17. The summed E-state index contributed by atoms with van der Waals surface area (Å²) in [7, 11) is 0. The van der Waals surface area contributed by atoms with Crippen LogP contribution in [-0.4, -0.2) is 23.7 Å². The molecule has 0 unspecified atom stereocenters. The number of nitrogens with zero attached hydrogens (tertiary/aromatic N) is 2. The lowest BCUT2D eigenvalue weighted by molar-refractivity contribution is 0.0998. The minimum absolute atomic E-state index is 0.301. The van der Waals surface area contributed by atoms with E-state index < -0.39 is 0 Å². The smallest absolute Gasteiger partial charge is 0.279 e. The van der Waals surface area contributed by atoms with Crippen molar-refractivity contribution < 1.29 is 14.3 Å². The monoisotopic (exact) mass is 400 g/mol. The third-order valence-electron chi connectivity index (χ3n) is 4.79. The fourth-order valence-electron chi connectivity index (χ4n) is 3.41. The average Bonchev–Trinajstić information content (AvgIpc) is 3.08. The predicted molar refractivity (Wildman–Crippen MR) is 113 cm³/mol. The van der Waals surface area contributed by atoms with E-state index in [9.17, 15) is 4.79 Å². The first-order valence-corrected chi connectivity index (χ1v) is 9.99. The highest BCUT2D eigenvalue weighted by molar-refractivity contribution is 7.16. The van der Waals surface area contributed by atoms with E-state index in [0.717, 1.165) is 21.0 Å². The summed E-state index contributed by atoms with van der Waals surface area (Å²) in [5.74, 6) is 3.73. The van der Waals surface area contributed by atoms with Crippen molar-refractivity contribution in [2.75, 3.05) is 13.2 Å². The van der Waals surface area contributed by atoms with Gasteiger partial charge in [-0.25, -0.2) is 0 Å². The summed E-state index contributed by atoms with van der Waals surface area (Å²) in [6, 6.07) is 17.3. The molecule has 1 amide bonds. The molecule has 2 heterocycles. The molecule has 142 valence electrons. The summed E-state index contributed by atoms with van der Waals surface area (Å²) in [6.45, 7) is 1.34. The number of benzene rings is 3. The fraction of sp³-hybridized carbons (Fsp3) is 0.130. The number of thiazole rings is 1. The van der Waals surface area contributed by atoms with Crippen molar-refractivity contribution in [1.82, 2.24) is 4.57 Å². The minimum atomic E-state index is -0.301. The number of carbonyl (C=O) groups excluding carboxylic acids is 1. The number of rotatable bonds is 2. The molecule has 5 nitrogen and oxygen atoms in total. The van der Waals surface area contributed by atoms with Gasteiger partial charge in [0.2, 0.25) is 0 Å². The van der Waals surface area contributed by atoms with Gasteiger partial charge >= 0.3 is 0 Å². The van der Waals surface area contributed by atoms with Gasteiger partial charge in [-0.05, 0) is 22.9 Å². The number of hydrogen-bond donors (Lipinski definition) is 0. The third kappa shape index (κ3) is 3.16. The highest BCUT2D eigenvalue weighted by Gasteiger charge is 2.17. The van der Waals surface area contributed by atoms with Crippen molar-refractivity contribution in [3.05, 3.63) is 65.0 Å². The molecule has 5 rings (SSSR count). The molecule has 6 heteroatoms. The Hall–Kier alpha value is -3.56. The van der Waals surface area contributed by atoms with Crippen LogP contribution in [-0.2, 0) is 6.54 Å². The minimum Gasteiger partial charge on any atom is -0.486 e. The van der Waals surface area contributed by atoms with E-state index in [1.54, 1.807) is 6.07 Å². The van der Waals surface area contributed by atoms with Crippen LogP contribution in [0.25, 0.3) is 21.0 Å². The summed E-state index contributed by atoms with van der Waals surface area (Å²) in [6.07, 6.45) is 5.57. The molecule has 1 aliphatic rings. The topological polar surface area (TPSA) is 52.8 Å². The fourth-order valence-corrected chi connectivity index (χ4v) is 4.45. The number of hydrogen-bond acceptors (Lipinski definition) is 4. The zero-order valence-corrected chi connectivity index (χ0v) is 16.2. The second-order valence-electron chi connectivity index (χ2n) is 6.62. The van der Waals surface area contributed by atoms with Gasteiger partial charge in [0.1, 0.15) is 13.2 Å². The van der Waals surface area contributed by atoms with Crippen molar-refractivity contribution >= 4 is 38.2 Å². The zero-order chi connectivity index (χ0) is 19.8. The third-order valence-corrected chi connectivity index (χ3v) is 5.83. The molecule has 1 aromatic heterocycles. The highest BCUT2D eigenvalue weighted by atomic mass is 32.1. The van der Waals surface area contributed by atoms with Gasteiger partial charge < -0.3 is 14.0 Å². The van der Waals surface area contributed by atoms with Gasteiger partial charge in [0.25, 0.3) is 5.91 Å². The van der Waals surface area contributed by atoms with Crippen LogP contribution in [0.15, 0.2) is 59.6 Å². The molecular formula is C23H16N2O3S. The maximum atomic E-state index is 12.9. The van der Waals surface area contributed by atoms with Gasteiger partial charge in [-0.15, -0.1) is 6.42 Å². The average molecular weight is 400 g/mol. The lowest BCUT2D eigenvalue weighted by Gasteiger charge is -2.18. The Labute approximate surface area is 170 Å². The zero-order valence-electron chi connectivity index (χ0n) is 15.4. The molecule has 0 spiro atoms. The quantitative estimate of drug-likeness (QED) is 0.478. The Kier molecular flexibility index (Phi) is 4.30. The summed E-state index contributed by atoms with van der Waals surface area (Å²) >= 11 is 1.41. The van der Waals surface area contributed by atoms with Gasteiger partial charge in [0, 0.05) is 17.7 Å². The Bertz CT molecular complexity index is 1370. The number of fused-ring (bicyclic) bond motifs is 3. The van der Waals surface area contributed by atoms with Crippen molar-refractivity contribution in [1.29, 1.82) is 0 Å². The van der Waals surface area contributed by atoms with Gasteiger partial charge in [-0.3, -0.25) is 4.79 Å². The molecule has 1 aliphatic heterocycles. The molecule has 29 heavy (non-hydrogen) atoms.